The third-order valence-corrected chi connectivity index (χ3v) is 3.90. The Morgan fingerprint density at radius 3 is 2.86 bits per heavy atom. The first-order valence-corrected chi connectivity index (χ1v) is 8.09. The molecule has 1 amide bonds. The van der Waals surface area contributed by atoms with Gasteiger partial charge in [0.15, 0.2) is 5.75 Å². The van der Waals surface area contributed by atoms with Crippen LogP contribution in [-0.2, 0) is 10.5 Å². The van der Waals surface area contributed by atoms with Crippen LogP contribution in [0.5, 0.6) is 5.75 Å². The maximum absolute atomic E-state index is 11.6. The van der Waals surface area contributed by atoms with Gasteiger partial charge >= 0.3 is 5.69 Å². The highest BCUT2D eigenvalue weighted by Crippen LogP contribution is 2.28. The third-order valence-electron chi connectivity index (χ3n) is 2.89. The largest absolute Gasteiger partial charge is 0.490 e. The lowest BCUT2D eigenvalue weighted by atomic mass is 10.2. The summed E-state index contributed by atoms with van der Waals surface area (Å²) in [6, 6.07) is 4.81. The summed E-state index contributed by atoms with van der Waals surface area (Å²) in [4.78, 5) is 22.0. The molecular formula is C14H21N3O4S. The fourth-order valence-corrected chi connectivity index (χ4v) is 2.58. The van der Waals surface area contributed by atoms with Crippen LogP contribution in [0, 0.1) is 10.1 Å². The van der Waals surface area contributed by atoms with Crippen LogP contribution in [0.2, 0.25) is 0 Å². The molecule has 0 atom stereocenters. The fourth-order valence-electron chi connectivity index (χ4n) is 1.78. The lowest BCUT2D eigenvalue weighted by Crippen LogP contribution is -2.26. The van der Waals surface area contributed by atoms with Gasteiger partial charge in [-0.1, -0.05) is 6.07 Å². The maximum atomic E-state index is 11.6. The molecule has 0 saturated heterocycles. The Hall–Kier alpha value is -1.80. The predicted octanol–water partition coefficient (Wildman–Crippen LogP) is 1.69. The molecule has 0 bridgehead atoms. The number of carbonyl (C=O) groups excluding carboxylic acids is 1. The number of benzene rings is 1. The number of amides is 1. The second-order valence-electron chi connectivity index (χ2n) is 4.60. The van der Waals surface area contributed by atoms with Gasteiger partial charge in [0, 0.05) is 18.4 Å². The molecule has 0 aliphatic rings. The molecular weight excluding hydrogens is 306 g/mol. The van der Waals surface area contributed by atoms with Crippen molar-refractivity contribution < 1.29 is 14.5 Å². The number of nitro benzene ring substituents is 1. The number of methoxy groups -OCH3 is 1. The Bertz CT molecular complexity index is 511. The second kappa shape index (κ2) is 10.0. The number of nitrogens with two attached hydrogens (primary N) is 1. The van der Waals surface area contributed by atoms with Crippen LogP contribution in [0.15, 0.2) is 18.2 Å². The van der Waals surface area contributed by atoms with Gasteiger partial charge in [0.25, 0.3) is 0 Å². The Labute approximate surface area is 133 Å². The zero-order valence-electron chi connectivity index (χ0n) is 12.5. The summed E-state index contributed by atoms with van der Waals surface area (Å²) in [5.41, 5.74) is 6.09. The first kappa shape index (κ1) is 18.2. The van der Waals surface area contributed by atoms with Crippen LogP contribution in [0.1, 0.15) is 18.4 Å². The van der Waals surface area contributed by atoms with Crippen molar-refractivity contribution in [1.29, 1.82) is 0 Å². The quantitative estimate of drug-likeness (QED) is 0.385. The van der Waals surface area contributed by atoms with Gasteiger partial charge in [-0.05, 0) is 31.0 Å². The maximum Gasteiger partial charge on any atom is 0.311 e. The number of hydrogen-bond donors (Lipinski definition) is 2. The van der Waals surface area contributed by atoms with Crippen LogP contribution >= 0.6 is 11.8 Å². The van der Waals surface area contributed by atoms with Gasteiger partial charge in [-0.15, -0.1) is 11.8 Å². The smallest absolute Gasteiger partial charge is 0.311 e. The topological polar surface area (TPSA) is 107 Å². The predicted molar refractivity (Wildman–Crippen MR) is 87.1 cm³/mol. The molecule has 22 heavy (non-hydrogen) atoms. The monoisotopic (exact) mass is 327 g/mol. The number of nitrogens with one attached hydrogen (secondary N) is 1. The summed E-state index contributed by atoms with van der Waals surface area (Å²) in [6.45, 7) is 1.26. The SMILES string of the molecule is COc1ccc(CSCC(=O)NCCCCN)cc1[N+](=O)[O-]. The van der Waals surface area contributed by atoms with E-state index in [1.807, 2.05) is 0 Å². The van der Waals surface area contributed by atoms with Gasteiger partial charge in [-0.2, -0.15) is 0 Å². The highest BCUT2D eigenvalue weighted by Gasteiger charge is 2.15. The van der Waals surface area contributed by atoms with Crippen molar-refractivity contribution in [1.82, 2.24) is 5.32 Å². The molecule has 0 aliphatic carbocycles. The Balaban J connectivity index is 2.40. The third kappa shape index (κ3) is 6.31. The molecule has 3 N–H and O–H groups in total. The summed E-state index contributed by atoms with van der Waals surface area (Å²) >= 11 is 1.41. The molecule has 0 saturated carbocycles. The standard InChI is InChI=1S/C14H21N3O4S/c1-21-13-5-4-11(8-12(13)17(19)20)9-22-10-14(18)16-7-3-2-6-15/h4-5,8H,2-3,6-7,9-10,15H2,1H3,(H,16,18). The van der Waals surface area contributed by atoms with Crippen LogP contribution in [0.3, 0.4) is 0 Å². The van der Waals surface area contributed by atoms with Crippen molar-refractivity contribution >= 4 is 23.4 Å². The van der Waals surface area contributed by atoms with E-state index in [0.29, 0.717) is 24.6 Å². The first-order valence-electron chi connectivity index (χ1n) is 6.94. The highest BCUT2D eigenvalue weighted by atomic mass is 32.2. The number of unbranched alkanes of at least 4 members (excludes halogenated alkanes) is 1. The Morgan fingerprint density at radius 2 is 2.23 bits per heavy atom. The normalized spacial score (nSPS) is 10.3. The highest BCUT2D eigenvalue weighted by molar-refractivity contribution is 7.99. The molecule has 0 radical (unpaired) electrons. The van der Waals surface area contributed by atoms with E-state index >= 15 is 0 Å². The molecule has 0 heterocycles. The lowest BCUT2D eigenvalue weighted by Gasteiger charge is -2.06. The number of thioether (sulfide) groups is 1. The number of nitrogens with zero attached hydrogens (tertiary/aromatic N) is 1. The first-order chi connectivity index (χ1) is 10.6. The zero-order chi connectivity index (χ0) is 16.4. The molecule has 1 aromatic rings. The van der Waals surface area contributed by atoms with Gasteiger partial charge in [-0.25, -0.2) is 0 Å². The van der Waals surface area contributed by atoms with Gasteiger partial charge in [-0.3, -0.25) is 14.9 Å². The molecule has 0 aromatic heterocycles. The molecule has 7 nitrogen and oxygen atoms in total. The van der Waals surface area contributed by atoms with E-state index < -0.39 is 4.92 Å². The second-order valence-corrected chi connectivity index (χ2v) is 5.59. The van der Waals surface area contributed by atoms with Crippen LogP contribution in [0.25, 0.3) is 0 Å². The molecule has 1 rings (SSSR count). The van der Waals surface area contributed by atoms with E-state index in [4.69, 9.17) is 10.5 Å². The van der Waals surface area contributed by atoms with Gasteiger partial charge < -0.3 is 15.8 Å². The molecule has 0 unspecified atom stereocenters. The van der Waals surface area contributed by atoms with Crippen molar-refractivity contribution in [3.8, 4) is 5.75 Å². The minimum Gasteiger partial charge on any atom is -0.490 e. The van der Waals surface area contributed by atoms with Gasteiger partial charge in [0.05, 0.1) is 17.8 Å². The summed E-state index contributed by atoms with van der Waals surface area (Å²) in [5.74, 6) is 1.05. The van der Waals surface area contributed by atoms with Crippen molar-refractivity contribution in [3.05, 3.63) is 33.9 Å². The molecule has 0 fully saturated rings. The van der Waals surface area contributed by atoms with Crippen LogP contribution in [0.4, 0.5) is 5.69 Å². The molecule has 8 heteroatoms. The molecule has 0 spiro atoms. The summed E-state index contributed by atoms with van der Waals surface area (Å²) < 4.78 is 4.95. The van der Waals surface area contributed by atoms with Gasteiger partial charge in [0.1, 0.15) is 0 Å². The number of rotatable bonds is 10. The van der Waals surface area contributed by atoms with E-state index in [1.54, 1.807) is 12.1 Å². The molecule has 1 aromatic carbocycles. The van der Waals surface area contributed by atoms with E-state index in [1.165, 1.54) is 24.9 Å². The number of hydrogen-bond acceptors (Lipinski definition) is 6. The Morgan fingerprint density at radius 1 is 1.45 bits per heavy atom. The molecule has 0 aliphatic heterocycles. The van der Waals surface area contributed by atoms with E-state index in [-0.39, 0.29) is 17.3 Å². The molecule has 122 valence electrons. The van der Waals surface area contributed by atoms with Crippen molar-refractivity contribution in [2.75, 3.05) is 26.0 Å². The van der Waals surface area contributed by atoms with Gasteiger partial charge in [0.2, 0.25) is 5.91 Å². The average Bonchev–Trinajstić information content (AvgIpc) is 2.51. The van der Waals surface area contributed by atoms with E-state index in [2.05, 4.69) is 5.32 Å². The van der Waals surface area contributed by atoms with Crippen molar-refractivity contribution in [2.45, 2.75) is 18.6 Å². The Kier molecular flexibility index (Phi) is 8.31. The van der Waals surface area contributed by atoms with Crippen molar-refractivity contribution in [3.63, 3.8) is 0 Å². The van der Waals surface area contributed by atoms with Crippen molar-refractivity contribution in [2.24, 2.45) is 5.73 Å². The fraction of sp³-hybridized carbons (Fsp3) is 0.500. The summed E-state index contributed by atoms with van der Waals surface area (Å²) in [6.07, 6.45) is 1.76. The van der Waals surface area contributed by atoms with Crippen LogP contribution < -0.4 is 15.8 Å². The average molecular weight is 327 g/mol. The minimum atomic E-state index is -0.475. The van der Waals surface area contributed by atoms with E-state index in [0.717, 1.165) is 18.4 Å². The summed E-state index contributed by atoms with van der Waals surface area (Å²) in [5, 5.41) is 13.7. The number of ether oxygens (including phenoxy) is 1. The van der Waals surface area contributed by atoms with Crippen LogP contribution in [-0.4, -0.2) is 36.8 Å². The van der Waals surface area contributed by atoms with E-state index in [9.17, 15) is 14.9 Å². The lowest BCUT2D eigenvalue weighted by molar-refractivity contribution is -0.385. The zero-order valence-corrected chi connectivity index (χ0v) is 13.4. The number of nitro groups is 1. The minimum absolute atomic E-state index is 0.0370. The summed E-state index contributed by atoms with van der Waals surface area (Å²) in [7, 11) is 1.39. The number of carbonyl (C=O) groups is 1.